The van der Waals surface area contributed by atoms with E-state index < -0.39 is 12.1 Å². The van der Waals surface area contributed by atoms with Gasteiger partial charge < -0.3 is 14.2 Å². The van der Waals surface area contributed by atoms with Gasteiger partial charge in [-0.15, -0.1) is 0 Å². The summed E-state index contributed by atoms with van der Waals surface area (Å²) in [6.07, 6.45) is 54.7. The van der Waals surface area contributed by atoms with Gasteiger partial charge in [0.1, 0.15) is 13.2 Å². The van der Waals surface area contributed by atoms with Gasteiger partial charge in [-0.2, -0.15) is 0 Å². The number of unbranched alkanes of at least 4 members (excludes halogenated alkanes) is 14. The molecular weight excluding hydrogens is 685 g/mol. The molecule has 0 aromatic carbocycles. The fourth-order valence-corrected chi connectivity index (χ4v) is 5.56. The molecule has 0 rings (SSSR count). The summed E-state index contributed by atoms with van der Waals surface area (Å²) < 4.78 is 16.5. The minimum Gasteiger partial charge on any atom is -0.462 e. The van der Waals surface area contributed by atoms with E-state index >= 15 is 0 Å². The zero-order valence-electron chi connectivity index (χ0n) is 35.4. The van der Waals surface area contributed by atoms with Crippen LogP contribution in [0.15, 0.2) is 85.1 Å². The van der Waals surface area contributed by atoms with Gasteiger partial charge in [0.25, 0.3) is 0 Å². The van der Waals surface area contributed by atoms with E-state index in [-0.39, 0.29) is 44.4 Å². The van der Waals surface area contributed by atoms with Crippen molar-refractivity contribution in [2.45, 2.75) is 194 Å². The molecule has 0 heterocycles. The van der Waals surface area contributed by atoms with Crippen LogP contribution in [0.1, 0.15) is 188 Å². The van der Waals surface area contributed by atoms with E-state index in [1.165, 1.54) is 70.6 Å². The first kappa shape index (κ1) is 51.6. The SMILES string of the molecule is CC/C=C\C/C=C\C/C=C\CC(=O)OCC(COC(=O)CCC/C=C\C/C=C\C/C=C\CCCCCCCC)OC(=O)CCCCCCC/C=C\CCCC. The highest BCUT2D eigenvalue weighted by atomic mass is 16.6. The van der Waals surface area contributed by atoms with Crippen LogP contribution in [0.25, 0.3) is 0 Å². The van der Waals surface area contributed by atoms with Crippen molar-refractivity contribution in [1.29, 1.82) is 0 Å². The molecule has 0 saturated carbocycles. The maximum Gasteiger partial charge on any atom is 0.309 e. The third-order valence-corrected chi connectivity index (χ3v) is 8.89. The quantitative estimate of drug-likeness (QED) is 0.0270. The maximum atomic E-state index is 12.7. The van der Waals surface area contributed by atoms with Gasteiger partial charge >= 0.3 is 17.9 Å². The van der Waals surface area contributed by atoms with Gasteiger partial charge in [-0.1, -0.05) is 170 Å². The third kappa shape index (κ3) is 41.6. The Morgan fingerprint density at radius 1 is 0.400 bits per heavy atom. The number of ether oxygens (including phenoxy) is 3. The summed E-state index contributed by atoms with van der Waals surface area (Å²) in [5.74, 6) is -1.13. The Labute approximate surface area is 337 Å². The van der Waals surface area contributed by atoms with Crippen LogP contribution >= 0.6 is 0 Å². The largest absolute Gasteiger partial charge is 0.462 e. The van der Waals surface area contributed by atoms with Gasteiger partial charge in [-0.05, 0) is 83.5 Å². The summed E-state index contributed by atoms with van der Waals surface area (Å²) in [7, 11) is 0. The summed E-state index contributed by atoms with van der Waals surface area (Å²) in [4.78, 5) is 37.5. The van der Waals surface area contributed by atoms with Gasteiger partial charge in [0.05, 0.1) is 6.42 Å². The Balaban J connectivity index is 4.51. The summed E-state index contributed by atoms with van der Waals surface area (Å²) >= 11 is 0. The van der Waals surface area contributed by atoms with E-state index in [0.717, 1.165) is 70.6 Å². The van der Waals surface area contributed by atoms with Crippen LogP contribution < -0.4 is 0 Å². The fraction of sp³-hybridized carbons (Fsp3) is 0.653. The lowest BCUT2D eigenvalue weighted by atomic mass is 10.1. The monoisotopic (exact) mass is 765 g/mol. The van der Waals surface area contributed by atoms with E-state index in [1.54, 1.807) is 6.08 Å². The van der Waals surface area contributed by atoms with Crippen LogP contribution in [0.2, 0.25) is 0 Å². The topological polar surface area (TPSA) is 78.9 Å². The van der Waals surface area contributed by atoms with E-state index in [1.807, 2.05) is 6.08 Å². The average Bonchev–Trinajstić information content (AvgIpc) is 3.18. The third-order valence-electron chi connectivity index (χ3n) is 8.89. The smallest absolute Gasteiger partial charge is 0.309 e. The highest BCUT2D eigenvalue weighted by Crippen LogP contribution is 2.11. The molecule has 55 heavy (non-hydrogen) atoms. The molecule has 0 aliphatic carbocycles. The fourth-order valence-electron chi connectivity index (χ4n) is 5.56. The minimum atomic E-state index is -0.833. The lowest BCUT2D eigenvalue weighted by molar-refractivity contribution is -0.166. The standard InChI is InChI=1S/C49H80O6/c1-4-7-10-13-16-19-21-22-23-24-25-26-28-30-33-36-39-42-48(51)54-45-46(44-53-47(50)41-38-35-32-29-18-15-12-9-6-3)55-49(52)43-40-37-34-31-27-20-17-14-11-8-5-2/h9,12,14,17-18,22-23,25-26,29-30,33,35,38,46H,4-8,10-11,13,15-16,19-21,24,27-28,31-32,34,36-37,39-45H2,1-3H3/b12-9-,17-14-,23-22-,26-25-,29-18-,33-30-,38-35-. The molecule has 0 fully saturated rings. The Morgan fingerprint density at radius 2 is 0.818 bits per heavy atom. The molecular formula is C49H80O6. The van der Waals surface area contributed by atoms with Gasteiger partial charge in [0.15, 0.2) is 6.10 Å². The second-order valence-electron chi connectivity index (χ2n) is 14.2. The average molecular weight is 765 g/mol. The van der Waals surface area contributed by atoms with Crippen LogP contribution in [-0.2, 0) is 28.6 Å². The van der Waals surface area contributed by atoms with Crippen LogP contribution in [0, 0.1) is 0 Å². The van der Waals surface area contributed by atoms with Crippen LogP contribution in [0.3, 0.4) is 0 Å². The van der Waals surface area contributed by atoms with E-state index in [9.17, 15) is 14.4 Å². The summed E-state index contributed by atoms with van der Waals surface area (Å²) in [6.45, 7) is 6.29. The Hall–Kier alpha value is -3.41. The Bertz CT molecular complexity index is 1110. The first-order valence-electron chi connectivity index (χ1n) is 22.1. The number of carbonyl (C=O) groups excluding carboxylic acids is 3. The van der Waals surface area contributed by atoms with Gasteiger partial charge in [-0.25, -0.2) is 0 Å². The van der Waals surface area contributed by atoms with Crippen LogP contribution in [0.5, 0.6) is 0 Å². The molecule has 0 aliphatic rings. The molecule has 6 nitrogen and oxygen atoms in total. The Morgan fingerprint density at radius 3 is 1.40 bits per heavy atom. The molecule has 0 saturated heterocycles. The summed E-state index contributed by atoms with van der Waals surface area (Å²) in [5, 5.41) is 0. The highest BCUT2D eigenvalue weighted by molar-refractivity contribution is 5.72. The van der Waals surface area contributed by atoms with E-state index in [0.29, 0.717) is 6.42 Å². The molecule has 0 spiro atoms. The molecule has 0 aromatic heterocycles. The first-order chi connectivity index (χ1) is 27.0. The normalized spacial score (nSPS) is 12.9. The van der Waals surface area contributed by atoms with E-state index in [4.69, 9.17) is 14.2 Å². The van der Waals surface area contributed by atoms with Crippen molar-refractivity contribution in [3.63, 3.8) is 0 Å². The van der Waals surface area contributed by atoms with Crippen molar-refractivity contribution < 1.29 is 28.6 Å². The predicted molar refractivity (Wildman–Crippen MR) is 233 cm³/mol. The number of esters is 3. The lowest BCUT2D eigenvalue weighted by Gasteiger charge is -2.18. The van der Waals surface area contributed by atoms with Gasteiger partial charge in [0, 0.05) is 12.8 Å². The van der Waals surface area contributed by atoms with Crippen molar-refractivity contribution in [1.82, 2.24) is 0 Å². The van der Waals surface area contributed by atoms with Crippen molar-refractivity contribution in [3.8, 4) is 0 Å². The molecule has 0 N–H and O–H groups in total. The molecule has 0 bridgehead atoms. The predicted octanol–water partition coefficient (Wildman–Crippen LogP) is 14.1. The van der Waals surface area contributed by atoms with Gasteiger partial charge in [-0.3, -0.25) is 14.4 Å². The lowest BCUT2D eigenvalue weighted by Crippen LogP contribution is -2.30. The van der Waals surface area contributed by atoms with Crippen molar-refractivity contribution in [3.05, 3.63) is 85.1 Å². The minimum absolute atomic E-state index is 0.123. The summed E-state index contributed by atoms with van der Waals surface area (Å²) in [5.41, 5.74) is 0. The number of hydrogen-bond acceptors (Lipinski definition) is 6. The molecule has 0 radical (unpaired) electrons. The maximum absolute atomic E-state index is 12.7. The van der Waals surface area contributed by atoms with Crippen molar-refractivity contribution in [2.75, 3.05) is 13.2 Å². The van der Waals surface area contributed by atoms with Crippen LogP contribution in [-0.4, -0.2) is 37.2 Å². The molecule has 0 amide bonds. The molecule has 312 valence electrons. The molecule has 6 heteroatoms. The molecule has 1 atom stereocenters. The van der Waals surface area contributed by atoms with Crippen LogP contribution in [0.4, 0.5) is 0 Å². The summed E-state index contributed by atoms with van der Waals surface area (Å²) in [6, 6.07) is 0. The van der Waals surface area contributed by atoms with E-state index in [2.05, 4.69) is 93.7 Å². The second-order valence-corrected chi connectivity index (χ2v) is 14.2. The molecule has 0 aliphatic heterocycles. The second kappa shape index (κ2) is 43.3. The zero-order valence-corrected chi connectivity index (χ0v) is 35.4. The zero-order chi connectivity index (χ0) is 40.1. The number of hydrogen-bond donors (Lipinski definition) is 0. The van der Waals surface area contributed by atoms with Gasteiger partial charge in [0.2, 0.25) is 0 Å². The first-order valence-corrected chi connectivity index (χ1v) is 22.1. The van der Waals surface area contributed by atoms with Crippen molar-refractivity contribution in [2.24, 2.45) is 0 Å². The molecule has 1 unspecified atom stereocenters. The molecule has 0 aromatic rings. The van der Waals surface area contributed by atoms with Crippen molar-refractivity contribution >= 4 is 17.9 Å². The number of carbonyl (C=O) groups is 3. The highest BCUT2D eigenvalue weighted by Gasteiger charge is 2.19. The Kier molecular flexibility index (Phi) is 40.6. The number of allylic oxidation sites excluding steroid dienone is 13. The number of rotatable bonds is 38.